The van der Waals surface area contributed by atoms with Gasteiger partial charge in [0.2, 0.25) is 5.82 Å². The number of imidazole rings is 1. The molecule has 1 heterocycles. The van der Waals surface area contributed by atoms with E-state index in [0.29, 0.717) is 10.7 Å². The maximum absolute atomic E-state index is 12.3. The number of rotatable bonds is 4. The number of aromatic amines is 1. The second-order valence-electron chi connectivity index (χ2n) is 4.94. The zero-order chi connectivity index (χ0) is 17.8. The van der Waals surface area contributed by atoms with Gasteiger partial charge in [-0.1, -0.05) is 11.6 Å². The number of aromatic nitrogens is 2. The Hall–Kier alpha value is -3.39. The fraction of sp³-hybridized carbons (Fsp3) is 0. The molecule has 0 aliphatic carbocycles. The standard InChI is InChI=1S/C16H12ClN5O3/c17-9-1-3-10(4-2-9)20-16(25)14-15(19-8-18-14)22-21-12-6-5-11(23)7-13(12)24/h1-8,23-24H,(H,18,19)(H,20,25). The van der Waals surface area contributed by atoms with Gasteiger partial charge in [0, 0.05) is 16.8 Å². The lowest BCUT2D eigenvalue weighted by atomic mass is 10.3. The molecular formula is C16H12ClN5O3. The number of hydrogen-bond acceptors (Lipinski definition) is 6. The number of H-pyrrole nitrogens is 1. The van der Waals surface area contributed by atoms with E-state index < -0.39 is 5.91 Å². The van der Waals surface area contributed by atoms with Crippen LogP contribution in [0.15, 0.2) is 59.0 Å². The second kappa shape index (κ2) is 7.02. The molecular weight excluding hydrogens is 346 g/mol. The number of hydrogen-bond donors (Lipinski definition) is 4. The number of halogens is 1. The van der Waals surface area contributed by atoms with Crippen molar-refractivity contribution in [2.45, 2.75) is 0 Å². The Morgan fingerprint density at radius 1 is 1.12 bits per heavy atom. The molecule has 0 aliphatic rings. The molecule has 0 radical (unpaired) electrons. The summed E-state index contributed by atoms with van der Waals surface area (Å²) < 4.78 is 0. The van der Waals surface area contributed by atoms with Gasteiger partial charge in [0.1, 0.15) is 17.2 Å². The van der Waals surface area contributed by atoms with Crippen LogP contribution in [0, 0.1) is 0 Å². The summed E-state index contributed by atoms with van der Waals surface area (Å²) in [5.41, 5.74) is 0.796. The van der Waals surface area contributed by atoms with Gasteiger partial charge in [-0.15, -0.1) is 10.2 Å². The molecule has 8 nitrogen and oxygen atoms in total. The Morgan fingerprint density at radius 2 is 1.88 bits per heavy atom. The molecule has 0 bridgehead atoms. The van der Waals surface area contributed by atoms with Crippen LogP contribution in [0.4, 0.5) is 17.2 Å². The van der Waals surface area contributed by atoms with E-state index in [9.17, 15) is 15.0 Å². The molecule has 0 unspecified atom stereocenters. The highest BCUT2D eigenvalue weighted by atomic mass is 35.5. The lowest BCUT2D eigenvalue weighted by Gasteiger charge is -2.04. The molecule has 1 amide bonds. The van der Waals surface area contributed by atoms with Crippen molar-refractivity contribution in [1.82, 2.24) is 9.97 Å². The van der Waals surface area contributed by atoms with E-state index in [1.807, 2.05) is 0 Å². The molecule has 1 aromatic heterocycles. The summed E-state index contributed by atoms with van der Waals surface area (Å²) in [4.78, 5) is 18.9. The predicted molar refractivity (Wildman–Crippen MR) is 91.9 cm³/mol. The topological polar surface area (TPSA) is 123 Å². The van der Waals surface area contributed by atoms with Crippen molar-refractivity contribution in [3.8, 4) is 11.5 Å². The van der Waals surface area contributed by atoms with Gasteiger partial charge in [0.05, 0.1) is 6.33 Å². The smallest absolute Gasteiger partial charge is 0.276 e. The Kier molecular flexibility index (Phi) is 4.62. The lowest BCUT2D eigenvalue weighted by Crippen LogP contribution is -2.12. The van der Waals surface area contributed by atoms with Gasteiger partial charge < -0.3 is 20.5 Å². The minimum atomic E-state index is -0.455. The van der Waals surface area contributed by atoms with Crippen molar-refractivity contribution < 1.29 is 15.0 Å². The number of anilines is 1. The van der Waals surface area contributed by atoms with E-state index in [0.717, 1.165) is 6.07 Å². The summed E-state index contributed by atoms with van der Waals surface area (Å²) in [7, 11) is 0. The zero-order valence-electron chi connectivity index (χ0n) is 12.6. The largest absolute Gasteiger partial charge is 0.508 e. The third kappa shape index (κ3) is 3.93. The summed E-state index contributed by atoms with van der Waals surface area (Å²) >= 11 is 5.80. The minimum absolute atomic E-state index is 0.0546. The average Bonchev–Trinajstić information content (AvgIpc) is 3.05. The second-order valence-corrected chi connectivity index (χ2v) is 5.37. The van der Waals surface area contributed by atoms with Crippen molar-refractivity contribution in [3.05, 3.63) is 59.5 Å². The van der Waals surface area contributed by atoms with Crippen LogP contribution in [0.2, 0.25) is 5.02 Å². The highest BCUT2D eigenvalue weighted by molar-refractivity contribution is 6.30. The molecule has 0 atom stereocenters. The Morgan fingerprint density at radius 3 is 2.60 bits per heavy atom. The zero-order valence-corrected chi connectivity index (χ0v) is 13.4. The van der Waals surface area contributed by atoms with Crippen molar-refractivity contribution in [2.24, 2.45) is 10.2 Å². The number of aromatic hydroxyl groups is 2. The molecule has 0 aliphatic heterocycles. The van der Waals surface area contributed by atoms with Crippen molar-refractivity contribution in [3.63, 3.8) is 0 Å². The first-order valence-electron chi connectivity index (χ1n) is 7.07. The fourth-order valence-electron chi connectivity index (χ4n) is 1.95. The van der Waals surface area contributed by atoms with Crippen LogP contribution in [-0.4, -0.2) is 26.1 Å². The molecule has 9 heteroatoms. The monoisotopic (exact) mass is 357 g/mol. The number of benzene rings is 2. The lowest BCUT2D eigenvalue weighted by molar-refractivity contribution is 0.102. The van der Waals surface area contributed by atoms with E-state index in [2.05, 4.69) is 25.5 Å². The first kappa shape index (κ1) is 16.5. The van der Waals surface area contributed by atoms with E-state index in [4.69, 9.17) is 11.6 Å². The van der Waals surface area contributed by atoms with Gasteiger partial charge in [0.15, 0.2) is 5.69 Å². The van der Waals surface area contributed by atoms with Gasteiger partial charge in [0.25, 0.3) is 5.91 Å². The van der Waals surface area contributed by atoms with Gasteiger partial charge >= 0.3 is 0 Å². The van der Waals surface area contributed by atoms with Crippen LogP contribution >= 0.6 is 11.6 Å². The maximum atomic E-state index is 12.3. The van der Waals surface area contributed by atoms with E-state index in [1.165, 1.54) is 18.5 Å². The van der Waals surface area contributed by atoms with E-state index in [-0.39, 0.29) is 28.7 Å². The molecule has 3 aromatic rings. The summed E-state index contributed by atoms with van der Waals surface area (Å²) in [6.07, 6.45) is 1.31. The molecule has 25 heavy (non-hydrogen) atoms. The first-order valence-corrected chi connectivity index (χ1v) is 7.45. The minimum Gasteiger partial charge on any atom is -0.508 e. The number of carbonyl (C=O) groups is 1. The Balaban J connectivity index is 1.78. The Labute approximate surface area is 146 Å². The molecule has 0 saturated carbocycles. The van der Waals surface area contributed by atoms with Gasteiger partial charge in [-0.3, -0.25) is 4.79 Å². The predicted octanol–water partition coefficient (Wildman–Crippen LogP) is 4.14. The number of nitrogens with one attached hydrogen (secondary N) is 2. The quantitative estimate of drug-likeness (QED) is 0.524. The van der Waals surface area contributed by atoms with Crippen LogP contribution in [-0.2, 0) is 0 Å². The summed E-state index contributed by atoms with van der Waals surface area (Å²) in [6.45, 7) is 0. The first-order chi connectivity index (χ1) is 12.0. The highest BCUT2D eigenvalue weighted by Gasteiger charge is 2.14. The number of nitrogens with zero attached hydrogens (tertiary/aromatic N) is 3. The number of azo groups is 1. The highest BCUT2D eigenvalue weighted by Crippen LogP contribution is 2.31. The molecule has 0 fully saturated rings. The summed E-state index contributed by atoms with van der Waals surface area (Å²) in [5.74, 6) is -0.742. The average molecular weight is 358 g/mol. The SMILES string of the molecule is O=C(Nc1ccc(Cl)cc1)c1[nH]cnc1N=Nc1ccc(O)cc1O. The van der Waals surface area contributed by atoms with E-state index >= 15 is 0 Å². The van der Waals surface area contributed by atoms with Gasteiger partial charge in [-0.2, -0.15) is 0 Å². The van der Waals surface area contributed by atoms with Crippen LogP contribution in [0.25, 0.3) is 0 Å². The number of phenolic OH excluding ortho intramolecular Hbond substituents is 2. The third-order valence-electron chi connectivity index (χ3n) is 3.16. The van der Waals surface area contributed by atoms with Crippen molar-refractivity contribution in [1.29, 1.82) is 0 Å². The molecule has 0 spiro atoms. The van der Waals surface area contributed by atoms with Crippen LogP contribution in [0.3, 0.4) is 0 Å². The molecule has 126 valence electrons. The summed E-state index contributed by atoms with van der Waals surface area (Å²) in [5, 5.41) is 29.9. The van der Waals surface area contributed by atoms with Crippen molar-refractivity contribution in [2.75, 3.05) is 5.32 Å². The van der Waals surface area contributed by atoms with Crippen LogP contribution in [0.1, 0.15) is 10.5 Å². The van der Waals surface area contributed by atoms with Crippen LogP contribution in [0.5, 0.6) is 11.5 Å². The number of phenols is 2. The van der Waals surface area contributed by atoms with Crippen LogP contribution < -0.4 is 5.32 Å². The Bertz CT molecular complexity index is 937. The van der Waals surface area contributed by atoms with E-state index in [1.54, 1.807) is 24.3 Å². The molecule has 0 saturated heterocycles. The van der Waals surface area contributed by atoms with Crippen molar-refractivity contribution >= 4 is 34.7 Å². The van der Waals surface area contributed by atoms with Gasteiger partial charge in [-0.25, -0.2) is 4.98 Å². The summed E-state index contributed by atoms with van der Waals surface area (Å²) in [6, 6.07) is 10.5. The fourth-order valence-corrected chi connectivity index (χ4v) is 2.08. The number of amides is 1. The molecule has 4 N–H and O–H groups in total. The molecule has 3 rings (SSSR count). The molecule has 2 aromatic carbocycles. The normalized spacial score (nSPS) is 10.9. The number of carbonyl (C=O) groups excluding carboxylic acids is 1. The third-order valence-corrected chi connectivity index (χ3v) is 3.41. The van der Waals surface area contributed by atoms with Gasteiger partial charge in [-0.05, 0) is 36.4 Å². The maximum Gasteiger partial charge on any atom is 0.276 e.